The van der Waals surface area contributed by atoms with Crippen molar-refractivity contribution >= 4 is 11.9 Å². The number of carboxylic acids is 2. The van der Waals surface area contributed by atoms with Gasteiger partial charge in [-0.1, -0.05) is 58.3 Å². The van der Waals surface area contributed by atoms with E-state index in [1.165, 1.54) is 44.9 Å². The van der Waals surface area contributed by atoms with Crippen molar-refractivity contribution in [2.45, 2.75) is 78.1 Å². The zero-order valence-electron chi connectivity index (χ0n) is 14.3. The van der Waals surface area contributed by atoms with E-state index in [2.05, 4.69) is 12.2 Å². The summed E-state index contributed by atoms with van der Waals surface area (Å²) in [5.41, 5.74) is 0. The Morgan fingerprint density at radius 1 is 0.810 bits per heavy atom. The average molecular weight is 305 g/mol. The smallest absolute Gasteiger partial charge is 0.303 e. The van der Waals surface area contributed by atoms with E-state index in [1.807, 2.05) is 14.1 Å². The molecule has 0 aliphatic rings. The molecule has 0 heterocycles. The van der Waals surface area contributed by atoms with Crippen LogP contribution in [-0.2, 0) is 9.59 Å². The molecular weight excluding hydrogens is 270 g/mol. The Hall–Kier alpha value is -1.10. The van der Waals surface area contributed by atoms with E-state index in [1.54, 1.807) is 0 Å². The summed E-state index contributed by atoms with van der Waals surface area (Å²) in [7, 11) is 3.75. The summed E-state index contributed by atoms with van der Waals surface area (Å²) >= 11 is 0. The van der Waals surface area contributed by atoms with E-state index in [-0.39, 0.29) is 0 Å². The van der Waals surface area contributed by atoms with Gasteiger partial charge in [0.2, 0.25) is 0 Å². The number of nitrogens with one attached hydrogen (secondary N) is 1. The fourth-order valence-electron chi connectivity index (χ4n) is 1.59. The molecule has 0 aliphatic carbocycles. The molecule has 5 heteroatoms. The lowest BCUT2D eigenvalue weighted by atomic mass is 10.1. The number of hydrogen-bond donors (Lipinski definition) is 3. The van der Waals surface area contributed by atoms with Crippen molar-refractivity contribution in [3.63, 3.8) is 0 Å². The highest BCUT2D eigenvalue weighted by Crippen LogP contribution is 2.10. The van der Waals surface area contributed by atoms with Crippen LogP contribution in [0.5, 0.6) is 0 Å². The minimum absolute atomic E-state index is 0.343. The number of unbranched alkanes of at least 4 members (excludes halogenated alkanes) is 8. The number of carbonyl (C=O) groups is 2. The fourth-order valence-corrected chi connectivity index (χ4v) is 1.59. The standard InChI is InChI=1S/C12H24O2.C2H7N.C2H4O2/c1-2-3-4-5-6-7-8-9-10-11-12(13)14;1-3-2;1-2(3)4/h2-11H2,1H3,(H,13,14);3H,1-2H3;1H3,(H,3,4). The molecule has 21 heavy (non-hydrogen) atoms. The Labute approximate surface area is 130 Å². The maximum atomic E-state index is 10.2. The normalized spacial score (nSPS) is 8.95. The summed E-state index contributed by atoms with van der Waals surface area (Å²) in [6.07, 6.45) is 11.5. The molecule has 0 radical (unpaired) electrons. The van der Waals surface area contributed by atoms with Gasteiger partial charge in [0.15, 0.2) is 0 Å². The molecule has 3 N–H and O–H groups in total. The van der Waals surface area contributed by atoms with E-state index in [9.17, 15) is 4.79 Å². The Balaban J connectivity index is -0.000000386. The highest BCUT2D eigenvalue weighted by molar-refractivity contribution is 5.66. The number of rotatable bonds is 10. The maximum Gasteiger partial charge on any atom is 0.303 e. The van der Waals surface area contributed by atoms with Gasteiger partial charge in [0.05, 0.1) is 0 Å². The van der Waals surface area contributed by atoms with Crippen LogP contribution in [-0.4, -0.2) is 36.2 Å². The molecule has 0 aliphatic heterocycles. The van der Waals surface area contributed by atoms with Gasteiger partial charge in [-0.05, 0) is 20.5 Å². The van der Waals surface area contributed by atoms with E-state index in [0.717, 1.165) is 19.8 Å². The Morgan fingerprint density at radius 3 is 1.38 bits per heavy atom. The molecule has 0 aromatic carbocycles. The molecule has 128 valence electrons. The molecule has 0 spiro atoms. The molecule has 0 rings (SSSR count). The van der Waals surface area contributed by atoms with Crippen molar-refractivity contribution in [3.8, 4) is 0 Å². The van der Waals surface area contributed by atoms with Crippen molar-refractivity contribution in [2.75, 3.05) is 14.1 Å². The minimum Gasteiger partial charge on any atom is -0.481 e. The second-order valence-electron chi connectivity index (χ2n) is 4.99. The Kier molecular flexibility index (Phi) is 28.4. The summed E-state index contributed by atoms with van der Waals surface area (Å²) in [4.78, 5) is 19.2. The average Bonchev–Trinajstić information content (AvgIpc) is 2.37. The monoisotopic (exact) mass is 305 g/mol. The van der Waals surface area contributed by atoms with E-state index in [4.69, 9.17) is 15.0 Å². The first-order chi connectivity index (χ1) is 9.92. The summed E-state index contributed by atoms with van der Waals surface area (Å²) < 4.78 is 0. The second-order valence-corrected chi connectivity index (χ2v) is 4.99. The van der Waals surface area contributed by atoms with Gasteiger partial charge in [0.1, 0.15) is 0 Å². The number of aliphatic carboxylic acids is 2. The lowest BCUT2D eigenvalue weighted by Gasteiger charge is -2.00. The molecule has 0 aromatic heterocycles. The van der Waals surface area contributed by atoms with Crippen molar-refractivity contribution in [1.29, 1.82) is 0 Å². The molecule has 0 atom stereocenters. The molecule has 0 saturated carbocycles. The van der Waals surface area contributed by atoms with E-state index >= 15 is 0 Å². The third kappa shape index (κ3) is 55.1. The fraction of sp³-hybridized carbons (Fsp3) is 0.875. The van der Waals surface area contributed by atoms with Gasteiger partial charge in [-0.3, -0.25) is 9.59 Å². The van der Waals surface area contributed by atoms with Gasteiger partial charge in [0, 0.05) is 13.3 Å². The molecule has 0 unspecified atom stereocenters. The first-order valence-electron chi connectivity index (χ1n) is 7.92. The van der Waals surface area contributed by atoms with E-state index in [0.29, 0.717) is 6.42 Å². The van der Waals surface area contributed by atoms with Gasteiger partial charge >= 0.3 is 5.97 Å². The van der Waals surface area contributed by atoms with Crippen LogP contribution in [0.3, 0.4) is 0 Å². The summed E-state index contributed by atoms with van der Waals surface area (Å²) in [5, 5.41) is 18.6. The van der Waals surface area contributed by atoms with Crippen molar-refractivity contribution < 1.29 is 19.8 Å². The topological polar surface area (TPSA) is 86.6 Å². The molecule has 0 bridgehead atoms. The number of carboxylic acid groups (broad SMARTS) is 2. The van der Waals surface area contributed by atoms with Gasteiger partial charge in [-0.2, -0.15) is 0 Å². The van der Waals surface area contributed by atoms with Crippen molar-refractivity contribution in [3.05, 3.63) is 0 Å². The molecule has 0 fully saturated rings. The third-order valence-corrected chi connectivity index (χ3v) is 2.49. The number of hydrogen-bond acceptors (Lipinski definition) is 3. The van der Waals surface area contributed by atoms with Crippen LogP contribution in [0.1, 0.15) is 78.1 Å². The molecule has 0 aromatic rings. The van der Waals surface area contributed by atoms with Crippen LogP contribution in [0.2, 0.25) is 0 Å². The predicted molar refractivity (Wildman–Crippen MR) is 87.8 cm³/mol. The quantitative estimate of drug-likeness (QED) is 0.533. The zero-order valence-corrected chi connectivity index (χ0v) is 14.3. The second kappa shape index (κ2) is 24.0. The van der Waals surface area contributed by atoms with Crippen molar-refractivity contribution in [1.82, 2.24) is 5.32 Å². The highest BCUT2D eigenvalue weighted by atomic mass is 16.4. The first-order valence-corrected chi connectivity index (χ1v) is 7.92. The predicted octanol–water partition coefficient (Wildman–Crippen LogP) is 3.92. The lowest BCUT2D eigenvalue weighted by Crippen LogP contribution is -1.93. The third-order valence-electron chi connectivity index (χ3n) is 2.49. The molecule has 5 nitrogen and oxygen atoms in total. The van der Waals surface area contributed by atoms with Crippen molar-refractivity contribution in [2.24, 2.45) is 0 Å². The van der Waals surface area contributed by atoms with Crippen LogP contribution in [0.25, 0.3) is 0 Å². The molecule has 0 amide bonds. The van der Waals surface area contributed by atoms with Crippen LogP contribution < -0.4 is 5.32 Å². The van der Waals surface area contributed by atoms with Crippen LogP contribution >= 0.6 is 0 Å². The Morgan fingerprint density at radius 2 is 1.10 bits per heavy atom. The van der Waals surface area contributed by atoms with Gasteiger partial charge in [-0.25, -0.2) is 0 Å². The SMILES string of the molecule is CC(=O)O.CCCCCCCCCCCC(=O)O.CNC. The minimum atomic E-state index is -0.833. The van der Waals surface area contributed by atoms with Crippen LogP contribution in [0.4, 0.5) is 0 Å². The summed E-state index contributed by atoms with van der Waals surface area (Å²) in [5.74, 6) is -1.49. The molecule has 0 saturated heterocycles. The summed E-state index contributed by atoms with van der Waals surface area (Å²) in [6, 6.07) is 0. The molecular formula is C16H35NO4. The van der Waals surface area contributed by atoms with Gasteiger partial charge in [0.25, 0.3) is 5.97 Å². The maximum absolute atomic E-state index is 10.2. The van der Waals surface area contributed by atoms with Gasteiger partial charge < -0.3 is 15.5 Å². The van der Waals surface area contributed by atoms with Crippen LogP contribution in [0, 0.1) is 0 Å². The zero-order chi connectivity index (χ0) is 16.9. The van der Waals surface area contributed by atoms with E-state index < -0.39 is 11.9 Å². The summed E-state index contributed by atoms with van der Waals surface area (Å²) in [6.45, 7) is 3.31. The van der Waals surface area contributed by atoms with Crippen LogP contribution in [0.15, 0.2) is 0 Å². The highest BCUT2D eigenvalue weighted by Gasteiger charge is 1.96. The largest absolute Gasteiger partial charge is 0.481 e. The lowest BCUT2D eigenvalue weighted by molar-refractivity contribution is -0.137. The first kappa shape index (κ1) is 24.9. The Bertz CT molecular complexity index is 216. The van der Waals surface area contributed by atoms with Gasteiger partial charge in [-0.15, -0.1) is 0 Å².